The highest BCUT2D eigenvalue weighted by Gasteiger charge is 2.09. The number of aliphatic hydroxyl groups excluding tert-OH is 1. The molecule has 0 fully saturated rings. The number of nitrogens with zero attached hydrogens (tertiary/aromatic N) is 2. The molecule has 4 nitrogen and oxygen atoms in total. The van der Waals surface area contributed by atoms with E-state index < -0.39 is 6.10 Å². The first-order valence-electron chi connectivity index (χ1n) is 3.40. The summed E-state index contributed by atoms with van der Waals surface area (Å²) in [5.41, 5.74) is 0.517. The maximum atomic E-state index is 9.22. The molecular weight excluding hydrogens is 180 g/mol. The van der Waals surface area contributed by atoms with Gasteiger partial charge in [0.1, 0.15) is 0 Å². The summed E-state index contributed by atoms with van der Waals surface area (Å²) in [7, 11) is 1.48. The number of hydrogen-bond acceptors (Lipinski definition) is 4. The second kappa shape index (κ2) is 3.69. The molecular formula is C7H9ClN2O2. The third kappa shape index (κ3) is 1.84. The van der Waals surface area contributed by atoms with Gasteiger partial charge >= 0.3 is 0 Å². The van der Waals surface area contributed by atoms with E-state index in [0.29, 0.717) is 11.4 Å². The molecule has 66 valence electrons. The molecule has 1 aromatic heterocycles. The van der Waals surface area contributed by atoms with Gasteiger partial charge < -0.3 is 9.84 Å². The number of halogens is 1. The van der Waals surface area contributed by atoms with E-state index >= 15 is 0 Å². The maximum absolute atomic E-state index is 9.22. The highest BCUT2D eigenvalue weighted by molar-refractivity contribution is 6.30. The van der Waals surface area contributed by atoms with Gasteiger partial charge in [-0.3, -0.25) is 0 Å². The van der Waals surface area contributed by atoms with Crippen molar-refractivity contribution in [2.45, 2.75) is 13.0 Å². The second-order valence-electron chi connectivity index (χ2n) is 2.31. The molecule has 1 aromatic rings. The first-order chi connectivity index (χ1) is 5.65. The Balaban J connectivity index is 3.08. The Labute approximate surface area is 75.1 Å². The number of aliphatic hydroxyl groups is 1. The quantitative estimate of drug-likeness (QED) is 0.758. The van der Waals surface area contributed by atoms with Crippen molar-refractivity contribution in [3.63, 3.8) is 0 Å². The molecule has 0 aromatic carbocycles. The Kier molecular flexibility index (Phi) is 2.83. The Morgan fingerprint density at radius 2 is 2.25 bits per heavy atom. The fourth-order valence-electron chi connectivity index (χ4n) is 0.765. The van der Waals surface area contributed by atoms with Crippen molar-refractivity contribution in [1.29, 1.82) is 0 Å². The van der Waals surface area contributed by atoms with Crippen LogP contribution in [0.15, 0.2) is 6.07 Å². The standard InChI is InChI=1S/C7H9ClN2O2/c1-4(11)5-3-6(12-2)9-10-7(5)8/h3-4,11H,1-2H3. The van der Waals surface area contributed by atoms with Gasteiger partial charge in [-0.2, -0.15) is 0 Å². The molecule has 0 aliphatic heterocycles. The smallest absolute Gasteiger partial charge is 0.233 e. The normalized spacial score (nSPS) is 12.7. The second-order valence-corrected chi connectivity index (χ2v) is 2.67. The first kappa shape index (κ1) is 9.22. The highest BCUT2D eigenvalue weighted by Crippen LogP contribution is 2.22. The van der Waals surface area contributed by atoms with Crippen molar-refractivity contribution in [2.24, 2.45) is 0 Å². The minimum Gasteiger partial charge on any atom is -0.480 e. The Morgan fingerprint density at radius 1 is 1.58 bits per heavy atom. The van der Waals surface area contributed by atoms with Crippen LogP contribution in [0.3, 0.4) is 0 Å². The molecule has 0 spiro atoms. The van der Waals surface area contributed by atoms with Crippen molar-refractivity contribution in [2.75, 3.05) is 7.11 Å². The Hall–Kier alpha value is -0.870. The molecule has 0 aliphatic carbocycles. The van der Waals surface area contributed by atoms with Gasteiger partial charge in [0.05, 0.1) is 13.2 Å². The lowest BCUT2D eigenvalue weighted by Gasteiger charge is -2.06. The van der Waals surface area contributed by atoms with Crippen molar-refractivity contribution in [3.05, 3.63) is 16.8 Å². The van der Waals surface area contributed by atoms with Crippen LogP contribution in [0.4, 0.5) is 0 Å². The molecule has 1 atom stereocenters. The van der Waals surface area contributed by atoms with E-state index in [4.69, 9.17) is 16.3 Å². The maximum Gasteiger partial charge on any atom is 0.233 e. The summed E-state index contributed by atoms with van der Waals surface area (Å²) in [4.78, 5) is 0. The average molecular weight is 189 g/mol. The molecule has 1 unspecified atom stereocenters. The van der Waals surface area contributed by atoms with Crippen molar-refractivity contribution >= 4 is 11.6 Å². The number of hydrogen-bond donors (Lipinski definition) is 1. The lowest BCUT2D eigenvalue weighted by Crippen LogP contribution is -1.98. The molecule has 0 saturated carbocycles. The van der Waals surface area contributed by atoms with Crippen LogP contribution in [-0.2, 0) is 0 Å². The van der Waals surface area contributed by atoms with E-state index in [0.717, 1.165) is 0 Å². The zero-order valence-corrected chi connectivity index (χ0v) is 7.54. The Bertz CT molecular complexity index is 278. The fraction of sp³-hybridized carbons (Fsp3) is 0.429. The Morgan fingerprint density at radius 3 is 2.75 bits per heavy atom. The summed E-state index contributed by atoms with van der Waals surface area (Å²) >= 11 is 5.66. The molecule has 5 heteroatoms. The summed E-state index contributed by atoms with van der Waals surface area (Å²) in [6.07, 6.45) is -0.665. The van der Waals surface area contributed by atoms with Crippen LogP contribution < -0.4 is 4.74 Å². The van der Waals surface area contributed by atoms with Gasteiger partial charge in [0.2, 0.25) is 5.88 Å². The zero-order valence-electron chi connectivity index (χ0n) is 6.78. The van der Waals surface area contributed by atoms with Crippen molar-refractivity contribution in [1.82, 2.24) is 10.2 Å². The van der Waals surface area contributed by atoms with Gasteiger partial charge in [0, 0.05) is 11.6 Å². The molecule has 0 radical (unpaired) electrons. The van der Waals surface area contributed by atoms with Crippen molar-refractivity contribution in [3.8, 4) is 5.88 Å². The number of rotatable bonds is 2. The van der Waals surface area contributed by atoms with Gasteiger partial charge in [-0.15, -0.1) is 10.2 Å². The largest absolute Gasteiger partial charge is 0.480 e. The SMILES string of the molecule is COc1cc(C(C)O)c(Cl)nn1. The summed E-state index contributed by atoms with van der Waals surface area (Å²) < 4.78 is 4.82. The number of methoxy groups -OCH3 is 1. The zero-order chi connectivity index (χ0) is 9.14. The number of aromatic nitrogens is 2. The van der Waals surface area contributed by atoms with Crippen LogP contribution in [0.5, 0.6) is 5.88 Å². The summed E-state index contributed by atoms with van der Waals surface area (Å²) in [6, 6.07) is 1.56. The molecule has 1 rings (SSSR count). The van der Waals surface area contributed by atoms with E-state index in [1.54, 1.807) is 13.0 Å². The van der Waals surface area contributed by atoms with Gasteiger partial charge in [0.25, 0.3) is 0 Å². The van der Waals surface area contributed by atoms with Gasteiger partial charge in [-0.05, 0) is 6.92 Å². The third-order valence-electron chi connectivity index (χ3n) is 1.41. The van der Waals surface area contributed by atoms with Crippen LogP contribution >= 0.6 is 11.6 Å². The van der Waals surface area contributed by atoms with Gasteiger partial charge in [-0.25, -0.2) is 0 Å². The van der Waals surface area contributed by atoms with E-state index in [1.807, 2.05) is 0 Å². The van der Waals surface area contributed by atoms with Gasteiger partial charge in [-0.1, -0.05) is 11.6 Å². The molecule has 1 heterocycles. The predicted molar refractivity (Wildman–Crippen MR) is 44.2 cm³/mol. The van der Waals surface area contributed by atoms with Gasteiger partial charge in [0.15, 0.2) is 5.15 Å². The topological polar surface area (TPSA) is 55.2 Å². The van der Waals surface area contributed by atoms with E-state index in [1.165, 1.54) is 7.11 Å². The summed E-state index contributed by atoms with van der Waals surface area (Å²) in [6.45, 7) is 1.60. The molecule has 0 saturated heterocycles. The molecule has 0 aliphatic rings. The lowest BCUT2D eigenvalue weighted by molar-refractivity contribution is 0.198. The summed E-state index contributed by atoms with van der Waals surface area (Å²) in [5.74, 6) is 0.343. The molecule has 1 N–H and O–H groups in total. The van der Waals surface area contributed by atoms with E-state index in [9.17, 15) is 5.11 Å². The highest BCUT2D eigenvalue weighted by atomic mass is 35.5. The monoisotopic (exact) mass is 188 g/mol. The van der Waals surface area contributed by atoms with Crippen LogP contribution in [0.25, 0.3) is 0 Å². The van der Waals surface area contributed by atoms with Crippen molar-refractivity contribution < 1.29 is 9.84 Å². The van der Waals surface area contributed by atoms with E-state index in [2.05, 4.69) is 10.2 Å². The minimum atomic E-state index is -0.665. The molecule has 0 bridgehead atoms. The van der Waals surface area contributed by atoms with E-state index in [-0.39, 0.29) is 5.15 Å². The van der Waals surface area contributed by atoms with Crippen LogP contribution in [0, 0.1) is 0 Å². The van der Waals surface area contributed by atoms with Crippen LogP contribution in [-0.4, -0.2) is 22.4 Å². The minimum absolute atomic E-state index is 0.200. The van der Waals surface area contributed by atoms with Crippen LogP contribution in [0.2, 0.25) is 5.15 Å². The average Bonchev–Trinajstić information content (AvgIpc) is 2.05. The molecule has 0 amide bonds. The predicted octanol–water partition coefficient (Wildman–Crippen LogP) is 1.19. The third-order valence-corrected chi connectivity index (χ3v) is 1.71. The first-order valence-corrected chi connectivity index (χ1v) is 3.78. The fourth-order valence-corrected chi connectivity index (χ4v) is 1.02. The van der Waals surface area contributed by atoms with Crippen LogP contribution in [0.1, 0.15) is 18.6 Å². The molecule has 12 heavy (non-hydrogen) atoms. The lowest BCUT2D eigenvalue weighted by atomic mass is 10.2. The summed E-state index contributed by atoms with van der Waals surface area (Å²) in [5, 5.41) is 16.6. The number of ether oxygens (including phenoxy) is 1.